The number of hydrogen-bond acceptors (Lipinski definition) is 3. The van der Waals surface area contributed by atoms with E-state index in [-0.39, 0.29) is 18.4 Å². The molecule has 19 heavy (non-hydrogen) atoms. The van der Waals surface area contributed by atoms with Crippen LogP contribution in [-0.4, -0.2) is 32.8 Å². The van der Waals surface area contributed by atoms with Crippen LogP contribution < -0.4 is 5.32 Å². The average Bonchev–Trinajstić information content (AvgIpc) is 2.71. The van der Waals surface area contributed by atoms with Crippen LogP contribution in [0.2, 0.25) is 0 Å². The number of hydrogen-bond donors (Lipinski definition) is 2. The summed E-state index contributed by atoms with van der Waals surface area (Å²) in [7, 11) is 1.83. The van der Waals surface area contributed by atoms with Crippen molar-refractivity contribution >= 4 is 11.9 Å². The van der Waals surface area contributed by atoms with Crippen molar-refractivity contribution in [2.75, 3.05) is 0 Å². The summed E-state index contributed by atoms with van der Waals surface area (Å²) < 4.78 is 1.73. The number of nitrogens with one attached hydrogen (secondary N) is 1. The van der Waals surface area contributed by atoms with Crippen LogP contribution in [0, 0.1) is 0 Å². The topological polar surface area (TPSA) is 84.2 Å². The van der Waals surface area contributed by atoms with Crippen LogP contribution in [0.25, 0.3) is 0 Å². The van der Waals surface area contributed by atoms with Crippen LogP contribution in [0.3, 0.4) is 0 Å². The molecule has 1 heterocycles. The molecule has 0 saturated heterocycles. The maximum Gasteiger partial charge on any atom is 0.305 e. The number of carboxylic acid groups (broad SMARTS) is 1. The summed E-state index contributed by atoms with van der Waals surface area (Å²) in [6.07, 6.45) is 4.15. The number of aliphatic carboxylic acids is 1. The molecule has 0 radical (unpaired) electrons. The molecular formula is C13H21N3O3. The number of carbonyl (C=O) groups excluding carboxylic acids is 1. The fourth-order valence-corrected chi connectivity index (χ4v) is 1.97. The molecule has 0 aliphatic rings. The van der Waals surface area contributed by atoms with Crippen molar-refractivity contribution in [3.63, 3.8) is 0 Å². The molecule has 1 unspecified atom stereocenters. The number of nitrogens with zero attached hydrogens (tertiary/aromatic N) is 2. The maximum absolute atomic E-state index is 11.8. The van der Waals surface area contributed by atoms with Gasteiger partial charge in [-0.1, -0.05) is 13.3 Å². The lowest BCUT2D eigenvalue weighted by molar-refractivity contribution is -0.137. The van der Waals surface area contributed by atoms with Crippen molar-refractivity contribution in [3.8, 4) is 0 Å². The Balaban J connectivity index is 2.39. The number of carboxylic acids is 1. The minimum Gasteiger partial charge on any atom is -0.481 e. The first-order chi connectivity index (χ1) is 9.02. The predicted molar refractivity (Wildman–Crippen MR) is 70.6 cm³/mol. The van der Waals surface area contributed by atoms with Gasteiger partial charge in [0.1, 0.15) is 0 Å². The van der Waals surface area contributed by atoms with Crippen LogP contribution in [0.5, 0.6) is 0 Å². The molecule has 2 N–H and O–H groups in total. The Morgan fingerprint density at radius 3 is 2.79 bits per heavy atom. The lowest BCUT2D eigenvalue weighted by Gasteiger charge is -2.16. The first-order valence-electron chi connectivity index (χ1n) is 6.51. The summed E-state index contributed by atoms with van der Waals surface area (Å²) in [5.74, 6) is -0.994. The average molecular weight is 267 g/mol. The quantitative estimate of drug-likeness (QED) is 0.739. The van der Waals surface area contributed by atoms with Gasteiger partial charge in [-0.2, -0.15) is 5.10 Å². The van der Waals surface area contributed by atoms with E-state index in [1.54, 1.807) is 10.9 Å². The van der Waals surface area contributed by atoms with Crippen molar-refractivity contribution in [2.24, 2.45) is 7.05 Å². The number of carbonyl (C=O) groups is 2. The fourth-order valence-electron chi connectivity index (χ4n) is 1.97. The molecule has 0 aliphatic heterocycles. The lowest BCUT2D eigenvalue weighted by atomic mass is 10.1. The van der Waals surface area contributed by atoms with E-state index in [1.807, 2.05) is 20.0 Å². The molecule has 0 spiro atoms. The van der Waals surface area contributed by atoms with E-state index in [2.05, 4.69) is 10.4 Å². The first kappa shape index (κ1) is 15.2. The molecule has 1 amide bonds. The second-order valence-electron chi connectivity index (χ2n) is 4.60. The highest BCUT2D eigenvalue weighted by molar-refractivity contribution is 5.77. The third-order valence-electron chi connectivity index (χ3n) is 2.95. The van der Waals surface area contributed by atoms with Gasteiger partial charge in [0.25, 0.3) is 0 Å². The van der Waals surface area contributed by atoms with Crippen molar-refractivity contribution in [2.45, 2.75) is 45.1 Å². The smallest absolute Gasteiger partial charge is 0.305 e. The van der Waals surface area contributed by atoms with Gasteiger partial charge in [-0.15, -0.1) is 0 Å². The van der Waals surface area contributed by atoms with E-state index >= 15 is 0 Å². The molecule has 0 fully saturated rings. The Morgan fingerprint density at radius 2 is 2.26 bits per heavy atom. The number of rotatable bonds is 8. The van der Waals surface area contributed by atoms with Crippen LogP contribution in [0.1, 0.15) is 38.3 Å². The Hall–Kier alpha value is -1.85. The molecule has 1 rings (SSSR count). The highest BCUT2D eigenvalue weighted by Gasteiger charge is 2.15. The van der Waals surface area contributed by atoms with Gasteiger partial charge in [0.15, 0.2) is 0 Å². The van der Waals surface area contributed by atoms with E-state index in [1.165, 1.54) is 0 Å². The first-order valence-corrected chi connectivity index (χ1v) is 6.51. The molecule has 0 aromatic carbocycles. The van der Waals surface area contributed by atoms with Crippen LogP contribution in [-0.2, 0) is 23.1 Å². The van der Waals surface area contributed by atoms with Gasteiger partial charge in [-0.25, -0.2) is 0 Å². The molecule has 6 heteroatoms. The summed E-state index contributed by atoms with van der Waals surface area (Å²) >= 11 is 0. The molecule has 0 saturated carbocycles. The third-order valence-corrected chi connectivity index (χ3v) is 2.95. The van der Waals surface area contributed by atoms with Gasteiger partial charge < -0.3 is 10.4 Å². The zero-order chi connectivity index (χ0) is 14.3. The molecule has 1 aromatic heterocycles. The summed E-state index contributed by atoms with van der Waals surface area (Å²) in [6, 6.07) is 1.59. The molecule has 0 aliphatic carbocycles. The summed E-state index contributed by atoms with van der Waals surface area (Å²) in [5, 5.41) is 15.6. The minimum atomic E-state index is -0.884. The number of amides is 1. The highest BCUT2D eigenvalue weighted by Crippen LogP contribution is 2.05. The number of aromatic nitrogens is 2. The van der Waals surface area contributed by atoms with Crippen molar-refractivity contribution in [1.29, 1.82) is 0 Å². The fraction of sp³-hybridized carbons (Fsp3) is 0.615. The monoisotopic (exact) mass is 267 g/mol. The van der Waals surface area contributed by atoms with Crippen LogP contribution in [0.15, 0.2) is 12.3 Å². The number of aryl methyl sites for hydroxylation is 2. The molecule has 6 nitrogen and oxygen atoms in total. The molecule has 106 valence electrons. The van der Waals surface area contributed by atoms with E-state index in [0.29, 0.717) is 19.3 Å². The third kappa shape index (κ3) is 5.54. The Kier molecular flexibility index (Phi) is 6.05. The lowest BCUT2D eigenvalue weighted by Crippen LogP contribution is -2.36. The Labute approximate surface area is 112 Å². The van der Waals surface area contributed by atoms with Gasteiger partial charge in [0, 0.05) is 31.4 Å². The van der Waals surface area contributed by atoms with Gasteiger partial charge in [0.05, 0.1) is 6.42 Å². The van der Waals surface area contributed by atoms with Crippen molar-refractivity contribution in [1.82, 2.24) is 15.1 Å². The van der Waals surface area contributed by atoms with Crippen LogP contribution in [0.4, 0.5) is 0 Å². The summed E-state index contributed by atoms with van der Waals surface area (Å²) in [6.45, 7) is 1.97. The predicted octanol–water partition coefficient (Wildman–Crippen LogP) is 1.11. The van der Waals surface area contributed by atoms with E-state index in [4.69, 9.17) is 5.11 Å². The summed E-state index contributed by atoms with van der Waals surface area (Å²) in [5.41, 5.74) is 0.987. The largest absolute Gasteiger partial charge is 0.481 e. The molecule has 1 aromatic rings. The normalized spacial score (nSPS) is 12.1. The van der Waals surface area contributed by atoms with Crippen molar-refractivity contribution in [3.05, 3.63) is 18.0 Å². The highest BCUT2D eigenvalue weighted by atomic mass is 16.4. The standard InChI is InChI=1S/C13H21N3O3/c1-3-4-10(9-13(18)19)15-12(17)6-5-11-7-8-14-16(11)2/h7-8,10H,3-6,9H2,1-2H3,(H,15,17)(H,18,19). The van der Waals surface area contributed by atoms with Crippen LogP contribution >= 0.6 is 0 Å². The Morgan fingerprint density at radius 1 is 1.53 bits per heavy atom. The van der Waals surface area contributed by atoms with Crippen molar-refractivity contribution < 1.29 is 14.7 Å². The van der Waals surface area contributed by atoms with Gasteiger partial charge in [0.2, 0.25) is 5.91 Å². The molecule has 1 atom stereocenters. The van der Waals surface area contributed by atoms with E-state index < -0.39 is 5.97 Å². The zero-order valence-corrected chi connectivity index (χ0v) is 11.4. The summed E-state index contributed by atoms with van der Waals surface area (Å²) in [4.78, 5) is 22.5. The van der Waals surface area contributed by atoms with E-state index in [9.17, 15) is 9.59 Å². The second kappa shape index (κ2) is 7.56. The van der Waals surface area contributed by atoms with Gasteiger partial charge in [-0.05, 0) is 18.9 Å². The van der Waals surface area contributed by atoms with Gasteiger partial charge >= 0.3 is 5.97 Å². The molecular weight excluding hydrogens is 246 g/mol. The van der Waals surface area contributed by atoms with E-state index in [0.717, 1.165) is 12.1 Å². The molecule has 0 bridgehead atoms. The Bertz CT molecular complexity index is 429. The SMILES string of the molecule is CCCC(CC(=O)O)NC(=O)CCc1ccnn1C. The van der Waals surface area contributed by atoms with Gasteiger partial charge in [-0.3, -0.25) is 14.3 Å². The maximum atomic E-state index is 11.8. The zero-order valence-electron chi connectivity index (χ0n) is 11.4. The minimum absolute atomic E-state index is 0.0225. The second-order valence-corrected chi connectivity index (χ2v) is 4.60.